The number of carbonyl (C=O) groups is 1. The van der Waals surface area contributed by atoms with E-state index in [0.29, 0.717) is 12.5 Å². The molecule has 2 aliphatic heterocycles. The molecule has 2 fully saturated rings. The summed E-state index contributed by atoms with van der Waals surface area (Å²) < 4.78 is 5.57. The number of amides is 1. The molecule has 132 valence electrons. The van der Waals surface area contributed by atoms with E-state index in [1.165, 1.54) is 5.56 Å². The lowest BCUT2D eigenvalue weighted by atomic mass is 9.94. The first kappa shape index (κ1) is 17.4. The Morgan fingerprint density at radius 3 is 2.67 bits per heavy atom. The molecule has 2 aliphatic rings. The fourth-order valence-corrected chi connectivity index (χ4v) is 3.99. The van der Waals surface area contributed by atoms with E-state index in [9.17, 15) is 4.79 Å². The van der Waals surface area contributed by atoms with Crippen LogP contribution in [0.1, 0.15) is 44.1 Å². The average Bonchev–Trinajstić information content (AvgIpc) is 3.14. The molecule has 1 aromatic carbocycles. The maximum absolute atomic E-state index is 12.3. The van der Waals surface area contributed by atoms with E-state index < -0.39 is 0 Å². The summed E-state index contributed by atoms with van der Waals surface area (Å²) in [6, 6.07) is 10.7. The molecule has 0 aromatic heterocycles. The van der Waals surface area contributed by atoms with Gasteiger partial charge >= 0.3 is 0 Å². The minimum absolute atomic E-state index is 0.196. The smallest absolute Gasteiger partial charge is 0.223 e. The van der Waals surface area contributed by atoms with Crippen LogP contribution in [-0.2, 0) is 9.53 Å². The van der Waals surface area contributed by atoms with Gasteiger partial charge < -0.3 is 15.0 Å². The molecule has 2 saturated heterocycles. The zero-order chi connectivity index (χ0) is 16.8. The number of likely N-dealkylation sites (tertiary alicyclic amines) is 1. The summed E-state index contributed by atoms with van der Waals surface area (Å²) in [5.74, 6) is 1.01. The second kappa shape index (κ2) is 8.63. The number of nitrogens with one attached hydrogen (secondary N) is 2. The summed E-state index contributed by atoms with van der Waals surface area (Å²) >= 11 is 0. The molecule has 4 heteroatoms. The molecule has 2 atom stereocenters. The first-order valence-electron chi connectivity index (χ1n) is 9.50. The molecule has 0 radical (unpaired) electrons. The molecule has 0 aliphatic carbocycles. The Morgan fingerprint density at radius 1 is 1.25 bits per heavy atom. The molecular formula is C20H31N2O2+. The molecule has 3 rings (SSSR count). The molecule has 2 N–H and O–H groups in total. The van der Waals surface area contributed by atoms with E-state index in [1.54, 1.807) is 4.90 Å². The Morgan fingerprint density at radius 2 is 2.00 bits per heavy atom. The van der Waals surface area contributed by atoms with Crippen LogP contribution in [0.15, 0.2) is 30.3 Å². The predicted molar refractivity (Wildman–Crippen MR) is 95.1 cm³/mol. The summed E-state index contributed by atoms with van der Waals surface area (Å²) in [6.07, 6.45) is 4.47. The second-order valence-corrected chi connectivity index (χ2v) is 7.42. The van der Waals surface area contributed by atoms with Gasteiger partial charge in [0.05, 0.1) is 25.7 Å². The van der Waals surface area contributed by atoms with Crippen LogP contribution in [-0.4, -0.2) is 44.8 Å². The van der Waals surface area contributed by atoms with Crippen LogP contribution in [0, 0.1) is 5.92 Å². The molecule has 0 saturated carbocycles. The van der Waals surface area contributed by atoms with Gasteiger partial charge in [0.1, 0.15) is 0 Å². The fraction of sp³-hybridized carbons (Fsp3) is 0.650. The largest absolute Gasteiger partial charge is 0.376 e. The van der Waals surface area contributed by atoms with Gasteiger partial charge in [0.25, 0.3) is 0 Å². The summed E-state index contributed by atoms with van der Waals surface area (Å²) in [4.78, 5) is 14.0. The third-order valence-electron chi connectivity index (χ3n) is 5.55. The van der Waals surface area contributed by atoms with E-state index in [-0.39, 0.29) is 17.9 Å². The highest BCUT2D eigenvalue weighted by Gasteiger charge is 2.29. The van der Waals surface area contributed by atoms with Crippen molar-refractivity contribution in [2.75, 3.05) is 32.8 Å². The van der Waals surface area contributed by atoms with Gasteiger partial charge in [-0.05, 0) is 18.4 Å². The molecule has 2 heterocycles. The van der Waals surface area contributed by atoms with E-state index in [1.807, 2.05) is 0 Å². The molecule has 1 aromatic rings. The quantitative estimate of drug-likeness (QED) is 0.827. The van der Waals surface area contributed by atoms with Gasteiger partial charge in [0.2, 0.25) is 5.91 Å². The van der Waals surface area contributed by atoms with Gasteiger partial charge in [-0.15, -0.1) is 0 Å². The number of hydrogen-bond donors (Lipinski definition) is 2. The molecule has 0 spiro atoms. The maximum Gasteiger partial charge on any atom is 0.223 e. The van der Waals surface area contributed by atoms with E-state index in [4.69, 9.17) is 4.74 Å². The van der Waals surface area contributed by atoms with Gasteiger partial charge in [-0.25, -0.2) is 0 Å². The minimum Gasteiger partial charge on any atom is -0.376 e. The molecular weight excluding hydrogens is 300 g/mol. The van der Waals surface area contributed by atoms with Crippen molar-refractivity contribution in [1.29, 1.82) is 0 Å². The summed E-state index contributed by atoms with van der Waals surface area (Å²) in [5.41, 5.74) is 1.42. The van der Waals surface area contributed by atoms with Crippen LogP contribution >= 0.6 is 0 Å². The van der Waals surface area contributed by atoms with E-state index >= 15 is 0 Å². The number of ether oxygens (including phenoxy) is 1. The van der Waals surface area contributed by atoms with Crippen molar-refractivity contribution >= 4 is 5.91 Å². The summed E-state index contributed by atoms with van der Waals surface area (Å²) in [6.45, 7) is 7.22. The van der Waals surface area contributed by atoms with Crippen molar-refractivity contribution in [2.45, 2.75) is 44.6 Å². The Kier molecular flexibility index (Phi) is 6.27. The van der Waals surface area contributed by atoms with Crippen molar-refractivity contribution in [2.24, 2.45) is 5.92 Å². The van der Waals surface area contributed by atoms with Gasteiger partial charge in [0.15, 0.2) is 0 Å². The normalized spacial score (nSPS) is 28.5. The zero-order valence-electron chi connectivity index (χ0n) is 14.8. The van der Waals surface area contributed by atoms with Crippen molar-refractivity contribution in [1.82, 2.24) is 5.32 Å². The highest BCUT2D eigenvalue weighted by molar-refractivity contribution is 5.78. The topological polar surface area (TPSA) is 42.8 Å². The van der Waals surface area contributed by atoms with Gasteiger partial charge in [-0.1, -0.05) is 37.3 Å². The standard InChI is InChI=1S/C20H30N2O2/c1-16(17-6-3-2-4-7-17)15-22-11-9-18(10-12-22)20(23)21-14-19-8-5-13-24-19/h2-4,6-7,16,18-19H,5,8-15H2,1H3,(H,21,23)/p+1/t16-,19-/m0/s1. The Labute approximate surface area is 145 Å². The monoisotopic (exact) mass is 331 g/mol. The zero-order valence-corrected chi connectivity index (χ0v) is 14.8. The van der Waals surface area contributed by atoms with Crippen LogP contribution in [0.2, 0.25) is 0 Å². The lowest BCUT2D eigenvalue weighted by molar-refractivity contribution is -0.907. The molecule has 24 heavy (non-hydrogen) atoms. The van der Waals surface area contributed by atoms with E-state index in [0.717, 1.165) is 51.9 Å². The first-order chi connectivity index (χ1) is 11.7. The number of quaternary nitrogens is 1. The third kappa shape index (κ3) is 4.81. The Balaban J connectivity index is 1.38. The number of piperidine rings is 1. The average molecular weight is 331 g/mol. The van der Waals surface area contributed by atoms with E-state index in [2.05, 4.69) is 42.6 Å². The first-order valence-corrected chi connectivity index (χ1v) is 9.50. The Hall–Kier alpha value is -1.39. The number of hydrogen-bond acceptors (Lipinski definition) is 2. The lowest BCUT2D eigenvalue weighted by Crippen LogP contribution is -3.13. The highest BCUT2D eigenvalue weighted by Crippen LogP contribution is 2.15. The third-order valence-corrected chi connectivity index (χ3v) is 5.55. The SMILES string of the molecule is C[C@@H](C[NH+]1CCC(C(=O)NC[C@@H]2CCCO2)CC1)c1ccccc1. The van der Waals surface area contributed by atoms with Crippen molar-refractivity contribution in [3.05, 3.63) is 35.9 Å². The number of benzene rings is 1. The molecule has 4 nitrogen and oxygen atoms in total. The van der Waals surface area contributed by atoms with Crippen LogP contribution in [0.5, 0.6) is 0 Å². The van der Waals surface area contributed by atoms with Gasteiger partial charge in [-0.2, -0.15) is 0 Å². The summed E-state index contributed by atoms with van der Waals surface area (Å²) in [7, 11) is 0. The highest BCUT2D eigenvalue weighted by atomic mass is 16.5. The van der Waals surface area contributed by atoms with Crippen molar-refractivity contribution in [3.63, 3.8) is 0 Å². The van der Waals surface area contributed by atoms with Crippen LogP contribution < -0.4 is 10.2 Å². The molecule has 0 unspecified atom stereocenters. The Bertz CT molecular complexity index is 506. The molecule has 1 amide bonds. The van der Waals surface area contributed by atoms with Gasteiger partial charge in [0, 0.05) is 37.8 Å². The number of rotatable bonds is 6. The number of carbonyl (C=O) groups excluding carboxylic acids is 1. The second-order valence-electron chi connectivity index (χ2n) is 7.42. The van der Waals surface area contributed by atoms with Crippen molar-refractivity contribution in [3.8, 4) is 0 Å². The van der Waals surface area contributed by atoms with Crippen LogP contribution in [0.4, 0.5) is 0 Å². The predicted octanol–water partition coefficient (Wildman–Crippen LogP) is 1.38. The van der Waals surface area contributed by atoms with Crippen LogP contribution in [0.25, 0.3) is 0 Å². The van der Waals surface area contributed by atoms with Crippen LogP contribution in [0.3, 0.4) is 0 Å². The fourth-order valence-electron chi connectivity index (χ4n) is 3.99. The van der Waals surface area contributed by atoms with Crippen molar-refractivity contribution < 1.29 is 14.4 Å². The lowest BCUT2D eigenvalue weighted by Gasteiger charge is -2.30. The molecule has 0 bridgehead atoms. The maximum atomic E-state index is 12.3. The summed E-state index contributed by atoms with van der Waals surface area (Å²) in [5, 5.41) is 3.10. The minimum atomic E-state index is 0.196. The van der Waals surface area contributed by atoms with Gasteiger partial charge in [-0.3, -0.25) is 4.79 Å².